The van der Waals surface area contributed by atoms with Crippen LogP contribution in [0, 0.1) is 35.2 Å². The van der Waals surface area contributed by atoms with Crippen molar-refractivity contribution in [3.05, 3.63) is 82.7 Å². The minimum atomic E-state index is -1.46. The highest BCUT2D eigenvalue weighted by Crippen LogP contribution is 2.44. The lowest BCUT2D eigenvalue weighted by Crippen LogP contribution is -2.19. The Morgan fingerprint density at radius 1 is 0.875 bits per heavy atom. The van der Waals surface area contributed by atoms with Crippen molar-refractivity contribution in [2.24, 2.45) is 5.92 Å². The first kappa shape index (κ1) is 22.5. The molecule has 0 saturated heterocycles. The van der Waals surface area contributed by atoms with Gasteiger partial charge in [-0.25, -0.2) is 13.2 Å². The molecular weight excluding hydrogens is 405 g/mol. The summed E-state index contributed by atoms with van der Waals surface area (Å²) in [7, 11) is 0. The average Bonchev–Trinajstić information content (AvgIpc) is 2.81. The van der Waals surface area contributed by atoms with Crippen molar-refractivity contribution >= 4 is 10.8 Å². The summed E-state index contributed by atoms with van der Waals surface area (Å²) in [5, 5.41) is 2.40. The molecule has 166 valence electrons. The molecule has 4 rings (SSSR count). The largest absolute Gasteiger partial charge is 0.204 e. The van der Waals surface area contributed by atoms with Crippen molar-refractivity contribution in [3.8, 4) is 11.8 Å². The molecule has 0 bridgehead atoms. The van der Waals surface area contributed by atoms with E-state index in [1.165, 1.54) is 61.3 Å². The molecule has 1 fully saturated rings. The van der Waals surface area contributed by atoms with Gasteiger partial charge < -0.3 is 0 Å². The Morgan fingerprint density at radius 3 is 2.41 bits per heavy atom. The maximum Gasteiger partial charge on any atom is 0.194 e. The number of hydrogen-bond acceptors (Lipinski definition) is 0. The minimum Gasteiger partial charge on any atom is -0.204 e. The van der Waals surface area contributed by atoms with E-state index < -0.39 is 17.5 Å². The number of halogens is 3. The Morgan fingerprint density at radius 2 is 1.62 bits per heavy atom. The Bertz CT molecular complexity index is 1130. The van der Waals surface area contributed by atoms with Gasteiger partial charge in [0.05, 0.1) is 0 Å². The summed E-state index contributed by atoms with van der Waals surface area (Å²) < 4.78 is 40.6. The SMILES string of the molecule is CCCCCC1CCCCC1c1c(C#Cc2cc(F)c(F)c(F)c2)ccc2ccccc12. The number of unbranched alkanes of at least 4 members (excludes halogenated alkanes) is 2. The van der Waals surface area contributed by atoms with Crippen LogP contribution in [0.3, 0.4) is 0 Å². The predicted octanol–water partition coefficient (Wildman–Crippen LogP) is 8.51. The van der Waals surface area contributed by atoms with Gasteiger partial charge in [-0.15, -0.1) is 0 Å². The van der Waals surface area contributed by atoms with E-state index in [2.05, 4.69) is 43.0 Å². The van der Waals surface area contributed by atoms with Crippen LogP contribution in [0.5, 0.6) is 0 Å². The van der Waals surface area contributed by atoms with Gasteiger partial charge in [0, 0.05) is 11.1 Å². The lowest BCUT2D eigenvalue weighted by molar-refractivity contribution is 0.284. The molecule has 1 aliphatic carbocycles. The lowest BCUT2D eigenvalue weighted by Gasteiger charge is -2.33. The highest BCUT2D eigenvalue weighted by atomic mass is 19.2. The summed E-state index contributed by atoms with van der Waals surface area (Å²) in [6.07, 6.45) is 9.80. The highest BCUT2D eigenvalue weighted by molar-refractivity contribution is 5.88. The molecule has 0 amide bonds. The molecule has 0 aromatic heterocycles. The van der Waals surface area contributed by atoms with Crippen molar-refractivity contribution in [2.75, 3.05) is 0 Å². The van der Waals surface area contributed by atoms with Gasteiger partial charge in [-0.05, 0) is 65.6 Å². The van der Waals surface area contributed by atoms with Crippen LogP contribution in [0.4, 0.5) is 13.2 Å². The van der Waals surface area contributed by atoms with Crippen molar-refractivity contribution in [1.29, 1.82) is 0 Å². The van der Waals surface area contributed by atoms with Crippen LogP contribution in [0.15, 0.2) is 48.5 Å². The summed E-state index contributed by atoms with van der Waals surface area (Å²) in [6, 6.07) is 14.4. The van der Waals surface area contributed by atoms with Gasteiger partial charge >= 0.3 is 0 Å². The van der Waals surface area contributed by atoms with Crippen LogP contribution in [0.1, 0.15) is 80.9 Å². The standard InChI is InChI=1S/C29H29F3/c1-2-3-4-9-21-10-5-7-12-24(21)28-23(17-16-22-11-6-8-13-25(22)28)15-14-20-18-26(30)29(32)27(31)19-20/h6,8,11,13,16-19,21,24H,2-5,7,9-10,12H2,1H3. The van der Waals surface area contributed by atoms with Crippen LogP contribution in [-0.2, 0) is 0 Å². The number of fused-ring (bicyclic) bond motifs is 1. The first-order valence-electron chi connectivity index (χ1n) is 11.8. The zero-order chi connectivity index (χ0) is 22.5. The fourth-order valence-corrected chi connectivity index (χ4v) is 5.16. The van der Waals surface area contributed by atoms with Gasteiger partial charge in [-0.3, -0.25) is 0 Å². The fourth-order valence-electron chi connectivity index (χ4n) is 5.16. The minimum absolute atomic E-state index is 0.142. The molecule has 2 atom stereocenters. The van der Waals surface area contributed by atoms with Gasteiger partial charge in [0.25, 0.3) is 0 Å². The van der Waals surface area contributed by atoms with E-state index in [9.17, 15) is 13.2 Å². The second-order valence-electron chi connectivity index (χ2n) is 8.90. The molecule has 3 heteroatoms. The van der Waals surface area contributed by atoms with E-state index in [1.807, 2.05) is 12.1 Å². The third-order valence-electron chi connectivity index (χ3n) is 6.75. The quantitative estimate of drug-likeness (QED) is 0.214. The summed E-state index contributed by atoms with van der Waals surface area (Å²) in [6.45, 7) is 2.23. The molecule has 0 N–H and O–H groups in total. The highest BCUT2D eigenvalue weighted by Gasteiger charge is 2.29. The topological polar surface area (TPSA) is 0 Å². The maximum atomic E-state index is 13.7. The van der Waals surface area contributed by atoms with Crippen LogP contribution >= 0.6 is 0 Å². The third kappa shape index (κ3) is 4.85. The molecule has 0 heterocycles. The molecule has 0 aliphatic heterocycles. The van der Waals surface area contributed by atoms with E-state index in [4.69, 9.17) is 0 Å². The second-order valence-corrected chi connectivity index (χ2v) is 8.90. The average molecular weight is 435 g/mol. The number of benzene rings is 3. The molecule has 2 unspecified atom stereocenters. The second kappa shape index (κ2) is 10.3. The maximum absolute atomic E-state index is 13.7. The predicted molar refractivity (Wildman–Crippen MR) is 125 cm³/mol. The molecular formula is C29H29F3. The first-order valence-corrected chi connectivity index (χ1v) is 11.8. The van der Waals surface area contributed by atoms with Gasteiger partial charge in [0.2, 0.25) is 0 Å². The molecule has 0 nitrogen and oxygen atoms in total. The third-order valence-corrected chi connectivity index (χ3v) is 6.75. The van der Waals surface area contributed by atoms with Gasteiger partial charge in [-0.2, -0.15) is 0 Å². The molecule has 1 saturated carbocycles. The smallest absolute Gasteiger partial charge is 0.194 e. The normalized spacial score (nSPS) is 18.4. The van der Waals surface area contributed by atoms with Crippen molar-refractivity contribution in [2.45, 2.75) is 64.2 Å². The number of rotatable bonds is 5. The van der Waals surface area contributed by atoms with Gasteiger partial charge in [-0.1, -0.05) is 81.2 Å². The Hall–Kier alpha value is -2.73. The molecule has 1 aliphatic rings. The van der Waals surface area contributed by atoms with Crippen molar-refractivity contribution in [3.63, 3.8) is 0 Å². The van der Waals surface area contributed by atoms with E-state index in [0.717, 1.165) is 24.1 Å². The van der Waals surface area contributed by atoms with Gasteiger partial charge in [0.15, 0.2) is 17.5 Å². The van der Waals surface area contributed by atoms with Crippen LogP contribution in [0.2, 0.25) is 0 Å². The van der Waals surface area contributed by atoms with Crippen LogP contribution < -0.4 is 0 Å². The van der Waals surface area contributed by atoms with E-state index in [-0.39, 0.29) is 5.56 Å². The molecule has 0 spiro atoms. The molecule has 3 aromatic carbocycles. The van der Waals surface area contributed by atoms with Gasteiger partial charge in [0.1, 0.15) is 0 Å². The molecule has 3 aromatic rings. The van der Waals surface area contributed by atoms with E-state index in [1.54, 1.807) is 0 Å². The Balaban J connectivity index is 1.78. The van der Waals surface area contributed by atoms with Crippen molar-refractivity contribution < 1.29 is 13.2 Å². The zero-order valence-corrected chi connectivity index (χ0v) is 18.6. The summed E-state index contributed by atoms with van der Waals surface area (Å²) in [5.41, 5.74) is 2.31. The number of hydrogen-bond donors (Lipinski definition) is 0. The monoisotopic (exact) mass is 434 g/mol. The molecule has 32 heavy (non-hydrogen) atoms. The summed E-state index contributed by atoms with van der Waals surface area (Å²) in [5.74, 6) is 3.23. The van der Waals surface area contributed by atoms with E-state index >= 15 is 0 Å². The first-order chi connectivity index (χ1) is 15.6. The molecule has 0 radical (unpaired) electrons. The summed E-state index contributed by atoms with van der Waals surface area (Å²) >= 11 is 0. The van der Waals surface area contributed by atoms with Crippen LogP contribution in [0.25, 0.3) is 10.8 Å². The lowest BCUT2D eigenvalue weighted by atomic mass is 9.71. The van der Waals surface area contributed by atoms with Crippen LogP contribution in [-0.4, -0.2) is 0 Å². The fraction of sp³-hybridized carbons (Fsp3) is 0.379. The Labute approximate surface area is 188 Å². The Kier molecular flexibility index (Phi) is 7.20. The summed E-state index contributed by atoms with van der Waals surface area (Å²) in [4.78, 5) is 0. The van der Waals surface area contributed by atoms with E-state index in [0.29, 0.717) is 11.8 Å². The zero-order valence-electron chi connectivity index (χ0n) is 18.6. The van der Waals surface area contributed by atoms with Crippen molar-refractivity contribution in [1.82, 2.24) is 0 Å².